The average Bonchev–Trinajstić information content (AvgIpc) is 3.26. The first-order chi connectivity index (χ1) is 14.7. The molecule has 7 nitrogen and oxygen atoms in total. The number of halogens is 3. The van der Waals surface area contributed by atoms with Crippen molar-refractivity contribution < 1.29 is 18.0 Å². The lowest BCUT2D eigenvalue weighted by molar-refractivity contribution is 0.0123. The van der Waals surface area contributed by atoms with Crippen LogP contribution in [0.3, 0.4) is 0 Å². The summed E-state index contributed by atoms with van der Waals surface area (Å²) in [7, 11) is 0. The number of rotatable bonds is 8. The Hall–Kier alpha value is -3.30. The molecule has 0 radical (unpaired) electrons. The van der Waals surface area contributed by atoms with Gasteiger partial charge in [-0.15, -0.1) is 4.80 Å². The molecule has 3 rings (SSSR count). The normalized spacial score (nSPS) is 12.6. The van der Waals surface area contributed by atoms with Gasteiger partial charge in [0, 0.05) is 25.7 Å². The summed E-state index contributed by atoms with van der Waals surface area (Å²) in [6.07, 6.45) is 6.18. The molecular formula is C21H23F3N6O. The van der Waals surface area contributed by atoms with Crippen LogP contribution in [0.4, 0.5) is 13.2 Å². The number of benzene rings is 1. The van der Waals surface area contributed by atoms with E-state index in [-0.39, 0.29) is 28.9 Å². The maximum absolute atomic E-state index is 14.5. The minimum Gasteiger partial charge on any atom is -0.336 e. The van der Waals surface area contributed by atoms with Crippen LogP contribution in [0.25, 0.3) is 5.69 Å². The van der Waals surface area contributed by atoms with E-state index in [9.17, 15) is 18.0 Å². The van der Waals surface area contributed by atoms with Gasteiger partial charge in [-0.05, 0) is 38.8 Å². The molecule has 0 aliphatic carbocycles. The number of nitrogens with zero attached hydrogens (tertiary/aromatic N) is 6. The number of carbonyl (C=O) groups excluding carboxylic acids is 1. The Morgan fingerprint density at radius 1 is 1.19 bits per heavy atom. The van der Waals surface area contributed by atoms with Crippen molar-refractivity contribution in [3.8, 4) is 5.69 Å². The average molecular weight is 432 g/mol. The van der Waals surface area contributed by atoms with E-state index in [4.69, 9.17) is 0 Å². The van der Waals surface area contributed by atoms with Gasteiger partial charge in [-0.25, -0.2) is 4.39 Å². The SMILES string of the molecule is CCN(C(=O)c1cccc(F)c1-n1nccn1)[C@@H](C)CCc1cnc(C(C)(F)F)cn1. The van der Waals surface area contributed by atoms with Crippen molar-refractivity contribution in [1.82, 2.24) is 29.9 Å². The van der Waals surface area contributed by atoms with Gasteiger partial charge in [0.15, 0.2) is 5.82 Å². The Kier molecular flexibility index (Phi) is 6.67. The van der Waals surface area contributed by atoms with Gasteiger partial charge in [0.05, 0.1) is 29.8 Å². The van der Waals surface area contributed by atoms with Crippen LogP contribution in [0.1, 0.15) is 48.9 Å². The summed E-state index contributed by atoms with van der Waals surface area (Å²) in [4.78, 5) is 23.8. The summed E-state index contributed by atoms with van der Waals surface area (Å²) >= 11 is 0. The van der Waals surface area contributed by atoms with Crippen LogP contribution in [-0.4, -0.2) is 48.4 Å². The van der Waals surface area contributed by atoms with Gasteiger partial charge in [-0.2, -0.15) is 19.0 Å². The highest BCUT2D eigenvalue weighted by Crippen LogP contribution is 2.24. The predicted octanol–water partition coefficient (Wildman–Crippen LogP) is 3.79. The largest absolute Gasteiger partial charge is 0.336 e. The molecule has 1 aromatic carbocycles. The third-order valence-corrected chi connectivity index (χ3v) is 4.94. The van der Waals surface area contributed by atoms with E-state index in [2.05, 4.69) is 20.2 Å². The number of hydrogen-bond acceptors (Lipinski definition) is 5. The van der Waals surface area contributed by atoms with Crippen molar-refractivity contribution in [3.63, 3.8) is 0 Å². The molecule has 0 bridgehead atoms. The van der Waals surface area contributed by atoms with E-state index in [1.807, 2.05) is 13.8 Å². The summed E-state index contributed by atoms with van der Waals surface area (Å²) in [6.45, 7) is 4.87. The van der Waals surface area contributed by atoms with Crippen LogP contribution in [0.5, 0.6) is 0 Å². The number of hydrogen-bond donors (Lipinski definition) is 0. The maximum atomic E-state index is 14.5. The van der Waals surface area contributed by atoms with E-state index in [0.29, 0.717) is 25.1 Å². The number of aryl methyl sites for hydroxylation is 1. The number of aromatic nitrogens is 5. The zero-order valence-electron chi connectivity index (χ0n) is 17.5. The highest BCUT2D eigenvalue weighted by atomic mass is 19.3. The quantitative estimate of drug-likeness (QED) is 0.541. The highest BCUT2D eigenvalue weighted by Gasteiger charge is 2.27. The molecule has 10 heteroatoms. The Balaban J connectivity index is 1.75. The van der Waals surface area contributed by atoms with Gasteiger partial charge < -0.3 is 4.90 Å². The summed E-state index contributed by atoms with van der Waals surface area (Å²) in [5.41, 5.74) is 0.306. The second-order valence-electron chi connectivity index (χ2n) is 7.21. The topological polar surface area (TPSA) is 76.8 Å². The summed E-state index contributed by atoms with van der Waals surface area (Å²) < 4.78 is 41.0. The lowest BCUT2D eigenvalue weighted by Gasteiger charge is -2.29. The molecule has 0 aliphatic heterocycles. The lowest BCUT2D eigenvalue weighted by atomic mass is 10.1. The third kappa shape index (κ3) is 5.07. The lowest BCUT2D eigenvalue weighted by Crippen LogP contribution is -2.39. The molecule has 0 N–H and O–H groups in total. The standard InChI is InChI=1S/C21H23F3N6O/c1-4-29(14(2)8-9-15-12-26-18(13-25-15)21(3,23)24)20(31)16-6-5-7-17(22)19(16)30-27-10-11-28-30/h5-7,10-14H,4,8-9H2,1-3H3/t14-/m0/s1. The van der Waals surface area contributed by atoms with Crippen LogP contribution in [-0.2, 0) is 12.3 Å². The van der Waals surface area contributed by atoms with Crippen LogP contribution >= 0.6 is 0 Å². The first-order valence-electron chi connectivity index (χ1n) is 9.87. The van der Waals surface area contributed by atoms with Crippen molar-refractivity contribution in [1.29, 1.82) is 0 Å². The second-order valence-corrected chi connectivity index (χ2v) is 7.21. The monoisotopic (exact) mass is 432 g/mol. The van der Waals surface area contributed by atoms with Crippen molar-refractivity contribution >= 4 is 5.91 Å². The van der Waals surface area contributed by atoms with E-state index in [1.165, 1.54) is 36.8 Å². The molecule has 0 aliphatic rings. The summed E-state index contributed by atoms with van der Waals surface area (Å²) in [5.74, 6) is -4.00. The zero-order valence-corrected chi connectivity index (χ0v) is 17.5. The van der Waals surface area contributed by atoms with Crippen molar-refractivity contribution in [2.75, 3.05) is 6.54 Å². The maximum Gasteiger partial charge on any atom is 0.288 e. The number of para-hydroxylation sites is 1. The fourth-order valence-corrected chi connectivity index (χ4v) is 3.26. The van der Waals surface area contributed by atoms with Crippen molar-refractivity contribution in [2.24, 2.45) is 0 Å². The first-order valence-corrected chi connectivity index (χ1v) is 9.87. The third-order valence-electron chi connectivity index (χ3n) is 4.94. The molecule has 0 saturated carbocycles. The van der Waals surface area contributed by atoms with Crippen LogP contribution in [0.15, 0.2) is 43.0 Å². The number of amides is 1. The molecule has 3 aromatic rings. The van der Waals surface area contributed by atoms with Crippen LogP contribution in [0, 0.1) is 5.82 Å². The van der Waals surface area contributed by atoms with Crippen LogP contribution in [0.2, 0.25) is 0 Å². The van der Waals surface area contributed by atoms with Crippen molar-refractivity contribution in [2.45, 2.75) is 45.6 Å². The molecule has 0 spiro atoms. The van der Waals surface area contributed by atoms with E-state index in [1.54, 1.807) is 4.90 Å². The molecule has 1 atom stereocenters. The van der Waals surface area contributed by atoms with Gasteiger partial charge in [-0.1, -0.05) is 6.07 Å². The van der Waals surface area contributed by atoms with Gasteiger partial charge in [-0.3, -0.25) is 14.8 Å². The molecule has 31 heavy (non-hydrogen) atoms. The van der Waals surface area contributed by atoms with Gasteiger partial charge in [0.2, 0.25) is 0 Å². The van der Waals surface area contributed by atoms with Crippen LogP contribution < -0.4 is 0 Å². The summed E-state index contributed by atoms with van der Waals surface area (Å²) in [5, 5.41) is 7.89. The molecule has 0 saturated heterocycles. The molecular weight excluding hydrogens is 409 g/mol. The van der Waals surface area contributed by atoms with Crippen molar-refractivity contribution in [3.05, 3.63) is 65.8 Å². The molecule has 164 valence electrons. The predicted molar refractivity (Wildman–Crippen MR) is 107 cm³/mol. The zero-order chi connectivity index (χ0) is 22.6. The minimum absolute atomic E-state index is 0.00917. The van der Waals surface area contributed by atoms with E-state index >= 15 is 0 Å². The molecule has 1 amide bonds. The molecule has 2 aromatic heterocycles. The Labute approximate surface area is 177 Å². The smallest absolute Gasteiger partial charge is 0.288 e. The second kappa shape index (κ2) is 9.23. The Bertz CT molecular complexity index is 1020. The van der Waals surface area contributed by atoms with Gasteiger partial charge in [0.25, 0.3) is 11.8 Å². The van der Waals surface area contributed by atoms with Gasteiger partial charge >= 0.3 is 0 Å². The number of alkyl halides is 2. The van der Waals surface area contributed by atoms with E-state index < -0.39 is 11.7 Å². The summed E-state index contributed by atoms with van der Waals surface area (Å²) in [6, 6.07) is 4.04. The van der Waals surface area contributed by atoms with Gasteiger partial charge in [0.1, 0.15) is 11.4 Å². The van der Waals surface area contributed by atoms with E-state index in [0.717, 1.165) is 17.9 Å². The molecule has 2 heterocycles. The Morgan fingerprint density at radius 3 is 2.48 bits per heavy atom. The Morgan fingerprint density at radius 2 is 1.90 bits per heavy atom. The molecule has 0 unspecified atom stereocenters. The first kappa shape index (κ1) is 22.4. The minimum atomic E-state index is -3.05. The fourth-order valence-electron chi connectivity index (χ4n) is 3.26. The molecule has 0 fully saturated rings. The number of carbonyl (C=O) groups is 1. The highest BCUT2D eigenvalue weighted by molar-refractivity contribution is 5.98. The fraction of sp³-hybridized carbons (Fsp3) is 0.381.